The molecule has 1 saturated heterocycles. The highest BCUT2D eigenvalue weighted by atomic mass is 16.3. The maximum atomic E-state index is 5.73. The summed E-state index contributed by atoms with van der Waals surface area (Å²) in [4.78, 5) is 2.58. The van der Waals surface area contributed by atoms with Crippen molar-refractivity contribution < 1.29 is 4.42 Å². The second kappa shape index (κ2) is 6.48. The molecule has 0 amide bonds. The van der Waals surface area contributed by atoms with Crippen molar-refractivity contribution in [2.75, 3.05) is 19.6 Å². The molecule has 1 N–H and O–H groups in total. The largest absolute Gasteiger partial charge is 0.466 e. The fourth-order valence-corrected chi connectivity index (χ4v) is 3.24. The molecule has 21 heavy (non-hydrogen) atoms. The molecule has 0 spiro atoms. The van der Waals surface area contributed by atoms with Crippen molar-refractivity contribution in [1.82, 2.24) is 15.1 Å². The van der Waals surface area contributed by atoms with Gasteiger partial charge in [0.25, 0.3) is 0 Å². The predicted octanol–water partition coefficient (Wildman–Crippen LogP) is 3.68. The Hall–Kier alpha value is -1.55. The number of aromatic nitrogens is 2. The van der Waals surface area contributed by atoms with E-state index in [4.69, 9.17) is 4.42 Å². The van der Waals surface area contributed by atoms with Gasteiger partial charge in [-0.2, -0.15) is 5.10 Å². The molecule has 1 aliphatic rings. The van der Waals surface area contributed by atoms with E-state index in [-0.39, 0.29) is 0 Å². The average molecular weight is 287 g/mol. The first-order valence-corrected chi connectivity index (χ1v) is 8.00. The summed E-state index contributed by atoms with van der Waals surface area (Å²) in [7, 11) is 0. The maximum Gasteiger partial charge on any atom is 0.107 e. The van der Waals surface area contributed by atoms with Crippen LogP contribution in [-0.2, 0) is 0 Å². The average Bonchev–Trinajstić information content (AvgIpc) is 3.16. The van der Waals surface area contributed by atoms with Gasteiger partial charge in [-0.25, -0.2) is 0 Å². The van der Waals surface area contributed by atoms with Crippen molar-refractivity contribution in [2.24, 2.45) is 0 Å². The Labute approximate surface area is 126 Å². The minimum absolute atomic E-state index is 0.492. The van der Waals surface area contributed by atoms with E-state index in [0.29, 0.717) is 11.8 Å². The van der Waals surface area contributed by atoms with Crippen LogP contribution in [0.4, 0.5) is 0 Å². The topological polar surface area (TPSA) is 45.1 Å². The van der Waals surface area contributed by atoms with Gasteiger partial charge in [-0.3, -0.25) is 5.10 Å². The zero-order valence-corrected chi connectivity index (χ0v) is 13.0. The summed E-state index contributed by atoms with van der Waals surface area (Å²) in [5.41, 5.74) is 1.29. The van der Waals surface area contributed by atoms with Gasteiger partial charge in [0.1, 0.15) is 11.5 Å². The molecule has 0 saturated carbocycles. The molecule has 114 valence electrons. The molecule has 2 atom stereocenters. The Morgan fingerprint density at radius 3 is 3.05 bits per heavy atom. The van der Waals surface area contributed by atoms with Gasteiger partial charge in [-0.15, -0.1) is 0 Å². The third-order valence-corrected chi connectivity index (χ3v) is 4.59. The number of nitrogens with one attached hydrogen (secondary N) is 1. The minimum atomic E-state index is 0.492. The van der Waals surface area contributed by atoms with Gasteiger partial charge in [0, 0.05) is 30.3 Å². The van der Waals surface area contributed by atoms with Crippen molar-refractivity contribution in [3.05, 3.63) is 41.6 Å². The van der Waals surface area contributed by atoms with Gasteiger partial charge in [-0.05, 0) is 57.5 Å². The number of nitrogens with zero attached hydrogens (tertiary/aromatic N) is 2. The van der Waals surface area contributed by atoms with Crippen molar-refractivity contribution in [3.63, 3.8) is 0 Å². The van der Waals surface area contributed by atoms with Gasteiger partial charge in [0.05, 0.1) is 0 Å². The number of aryl methyl sites for hydroxylation is 1. The number of piperidine rings is 1. The van der Waals surface area contributed by atoms with E-state index in [1.807, 2.05) is 13.1 Å². The lowest BCUT2D eigenvalue weighted by Crippen LogP contribution is -2.35. The molecular weight excluding hydrogens is 262 g/mol. The molecule has 2 aromatic rings. The first kappa shape index (κ1) is 14.4. The zero-order chi connectivity index (χ0) is 14.7. The molecule has 3 heterocycles. The molecular formula is C17H25N3O. The van der Waals surface area contributed by atoms with Crippen LogP contribution in [0.15, 0.2) is 28.8 Å². The SMILES string of the molecule is Cc1ccc(C(C)CCN2CCCC(c3ccn[nH]3)C2)o1. The number of furan rings is 1. The van der Waals surface area contributed by atoms with Crippen LogP contribution in [0, 0.1) is 6.92 Å². The quantitative estimate of drug-likeness (QED) is 0.912. The van der Waals surface area contributed by atoms with E-state index in [0.717, 1.165) is 31.0 Å². The number of hydrogen-bond acceptors (Lipinski definition) is 3. The van der Waals surface area contributed by atoms with Crippen LogP contribution < -0.4 is 0 Å². The fourth-order valence-electron chi connectivity index (χ4n) is 3.24. The molecule has 4 heteroatoms. The summed E-state index contributed by atoms with van der Waals surface area (Å²) in [5, 5.41) is 7.21. The number of rotatable bonds is 5. The van der Waals surface area contributed by atoms with Crippen molar-refractivity contribution >= 4 is 0 Å². The fraction of sp³-hybridized carbons (Fsp3) is 0.588. The third kappa shape index (κ3) is 3.56. The Morgan fingerprint density at radius 2 is 2.33 bits per heavy atom. The molecule has 2 unspecified atom stereocenters. The summed E-state index contributed by atoms with van der Waals surface area (Å²) in [6.45, 7) is 7.77. The lowest BCUT2D eigenvalue weighted by atomic mass is 9.94. The van der Waals surface area contributed by atoms with Crippen molar-refractivity contribution in [2.45, 2.75) is 44.9 Å². The normalized spacial score (nSPS) is 21.5. The number of aromatic amines is 1. The summed E-state index contributed by atoms with van der Waals surface area (Å²) >= 11 is 0. The third-order valence-electron chi connectivity index (χ3n) is 4.59. The van der Waals surface area contributed by atoms with Gasteiger partial charge in [-0.1, -0.05) is 6.92 Å². The zero-order valence-electron chi connectivity index (χ0n) is 13.0. The lowest BCUT2D eigenvalue weighted by molar-refractivity contribution is 0.198. The Kier molecular flexibility index (Phi) is 4.44. The Bertz CT molecular complexity index is 546. The molecule has 0 bridgehead atoms. The Morgan fingerprint density at radius 1 is 1.43 bits per heavy atom. The maximum absolute atomic E-state index is 5.73. The standard InChI is InChI=1S/C17H25N3O/c1-13(17-6-5-14(2)21-17)8-11-20-10-3-4-15(12-20)16-7-9-18-19-16/h5-7,9,13,15H,3-4,8,10-12H2,1-2H3,(H,18,19). The van der Waals surface area contributed by atoms with Crippen LogP contribution in [0.25, 0.3) is 0 Å². The monoisotopic (exact) mass is 287 g/mol. The summed E-state index contributed by atoms with van der Waals surface area (Å²) in [6, 6.07) is 6.28. The molecule has 1 fully saturated rings. The van der Waals surface area contributed by atoms with Gasteiger partial charge in [0.15, 0.2) is 0 Å². The van der Waals surface area contributed by atoms with E-state index >= 15 is 0 Å². The first-order valence-electron chi connectivity index (χ1n) is 8.00. The van der Waals surface area contributed by atoms with E-state index in [1.165, 1.54) is 25.1 Å². The van der Waals surface area contributed by atoms with E-state index in [2.05, 4.69) is 40.2 Å². The molecule has 4 nitrogen and oxygen atoms in total. The number of likely N-dealkylation sites (tertiary alicyclic amines) is 1. The second-order valence-electron chi connectivity index (χ2n) is 6.29. The van der Waals surface area contributed by atoms with E-state index in [9.17, 15) is 0 Å². The second-order valence-corrected chi connectivity index (χ2v) is 6.29. The highest BCUT2D eigenvalue weighted by Gasteiger charge is 2.22. The van der Waals surface area contributed by atoms with Crippen molar-refractivity contribution in [1.29, 1.82) is 0 Å². The molecule has 0 radical (unpaired) electrons. The summed E-state index contributed by atoms with van der Waals surface area (Å²) < 4.78 is 5.73. The lowest BCUT2D eigenvalue weighted by Gasteiger charge is -2.32. The van der Waals surface area contributed by atoms with Gasteiger partial charge in [0.2, 0.25) is 0 Å². The van der Waals surface area contributed by atoms with Crippen LogP contribution >= 0.6 is 0 Å². The summed E-state index contributed by atoms with van der Waals surface area (Å²) in [5.74, 6) is 3.23. The Balaban J connectivity index is 1.51. The van der Waals surface area contributed by atoms with Crippen LogP contribution in [0.2, 0.25) is 0 Å². The predicted molar refractivity (Wildman–Crippen MR) is 83.5 cm³/mol. The van der Waals surface area contributed by atoms with Crippen LogP contribution in [0.1, 0.15) is 55.2 Å². The molecule has 3 rings (SSSR count). The number of H-pyrrole nitrogens is 1. The van der Waals surface area contributed by atoms with Crippen LogP contribution in [0.3, 0.4) is 0 Å². The first-order chi connectivity index (χ1) is 10.2. The molecule has 2 aromatic heterocycles. The highest BCUT2D eigenvalue weighted by molar-refractivity contribution is 5.10. The van der Waals surface area contributed by atoms with E-state index < -0.39 is 0 Å². The molecule has 0 aromatic carbocycles. The van der Waals surface area contributed by atoms with Gasteiger partial charge >= 0.3 is 0 Å². The minimum Gasteiger partial charge on any atom is -0.466 e. The van der Waals surface area contributed by atoms with Crippen molar-refractivity contribution in [3.8, 4) is 0 Å². The highest BCUT2D eigenvalue weighted by Crippen LogP contribution is 2.27. The number of hydrogen-bond donors (Lipinski definition) is 1. The van der Waals surface area contributed by atoms with Crippen LogP contribution in [0.5, 0.6) is 0 Å². The van der Waals surface area contributed by atoms with E-state index in [1.54, 1.807) is 0 Å². The molecule has 1 aliphatic heterocycles. The molecule has 0 aliphatic carbocycles. The van der Waals surface area contributed by atoms with Gasteiger partial charge < -0.3 is 9.32 Å². The van der Waals surface area contributed by atoms with Crippen LogP contribution in [-0.4, -0.2) is 34.7 Å². The summed E-state index contributed by atoms with van der Waals surface area (Å²) in [6.07, 6.45) is 5.56. The smallest absolute Gasteiger partial charge is 0.107 e.